The van der Waals surface area contributed by atoms with Gasteiger partial charge in [0.2, 0.25) is 0 Å². The second-order valence-electron chi connectivity index (χ2n) is 5.75. The lowest BCUT2D eigenvalue weighted by Gasteiger charge is -2.25. The van der Waals surface area contributed by atoms with E-state index in [1.165, 1.54) is 5.56 Å². The summed E-state index contributed by atoms with van der Waals surface area (Å²) >= 11 is 0. The van der Waals surface area contributed by atoms with Crippen LogP contribution in [0.5, 0.6) is 0 Å². The predicted octanol–water partition coefficient (Wildman–Crippen LogP) is 3.37. The van der Waals surface area contributed by atoms with Gasteiger partial charge in [-0.2, -0.15) is 0 Å². The number of imidazole rings is 1. The minimum atomic E-state index is 0.437. The van der Waals surface area contributed by atoms with Crippen LogP contribution >= 0.6 is 0 Å². The van der Waals surface area contributed by atoms with Crippen molar-refractivity contribution >= 4 is 11.2 Å². The topological polar surface area (TPSA) is 39.9 Å². The van der Waals surface area contributed by atoms with Crippen LogP contribution in [-0.4, -0.2) is 27.7 Å². The Morgan fingerprint density at radius 1 is 1.05 bits per heavy atom. The third kappa shape index (κ3) is 2.50. The van der Waals surface area contributed by atoms with E-state index in [2.05, 4.69) is 33.8 Å². The van der Waals surface area contributed by atoms with Gasteiger partial charge in [0.1, 0.15) is 11.3 Å². The molecule has 0 spiro atoms. The second kappa shape index (κ2) is 5.89. The van der Waals surface area contributed by atoms with E-state index in [0.29, 0.717) is 6.04 Å². The Morgan fingerprint density at radius 2 is 1.86 bits per heavy atom. The van der Waals surface area contributed by atoms with Crippen molar-refractivity contribution in [2.75, 3.05) is 13.2 Å². The summed E-state index contributed by atoms with van der Waals surface area (Å²) in [5.41, 5.74) is 3.27. The number of pyridine rings is 1. The van der Waals surface area contributed by atoms with Gasteiger partial charge in [-0.05, 0) is 30.5 Å². The van der Waals surface area contributed by atoms with Crippen LogP contribution in [0.25, 0.3) is 11.2 Å². The van der Waals surface area contributed by atoms with Crippen LogP contribution in [0.3, 0.4) is 0 Å². The van der Waals surface area contributed by atoms with Crippen LogP contribution in [0, 0.1) is 0 Å². The molecule has 1 aliphatic rings. The van der Waals surface area contributed by atoms with Gasteiger partial charge in [-0.25, -0.2) is 9.97 Å². The molecule has 3 aromatic rings. The number of fused-ring (bicyclic) bond motifs is 1. The molecule has 112 valence electrons. The van der Waals surface area contributed by atoms with Crippen molar-refractivity contribution in [3.63, 3.8) is 0 Å². The maximum absolute atomic E-state index is 5.51. The number of hydrogen-bond acceptors (Lipinski definition) is 3. The SMILES string of the molecule is c1ccc(Cc2nc3cccnc3n2C2CCOCC2)cc1. The van der Waals surface area contributed by atoms with Gasteiger partial charge in [-0.1, -0.05) is 30.3 Å². The fourth-order valence-corrected chi connectivity index (χ4v) is 3.21. The van der Waals surface area contributed by atoms with Crippen molar-refractivity contribution in [2.24, 2.45) is 0 Å². The van der Waals surface area contributed by atoms with Crippen molar-refractivity contribution < 1.29 is 4.74 Å². The number of nitrogens with zero attached hydrogens (tertiary/aromatic N) is 3. The van der Waals surface area contributed by atoms with E-state index >= 15 is 0 Å². The number of aromatic nitrogens is 3. The third-order valence-electron chi connectivity index (χ3n) is 4.28. The molecule has 0 radical (unpaired) electrons. The van der Waals surface area contributed by atoms with Crippen LogP contribution in [0.1, 0.15) is 30.3 Å². The van der Waals surface area contributed by atoms with E-state index in [1.807, 2.05) is 24.4 Å². The maximum atomic E-state index is 5.51. The maximum Gasteiger partial charge on any atom is 0.160 e. The summed E-state index contributed by atoms with van der Waals surface area (Å²) in [6.45, 7) is 1.64. The number of rotatable bonds is 3. The molecule has 3 heterocycles. The first-order chi connectivity index (χ1) is 10.9. The molecule has 0 atom stereocenters. The quantitative estimate of drug-likeness (QED) is 0.743. The zero-order valence-electron chi connectivity index (χ0n) is 12.5. The molecule has 0 amide bonds. The van der Waals surface area contributed by atoms with Crippen LogP contribution in [0.2, 0.25) is 0 Å². The van der Waals surface area contributed by atoms with Crippen LogP contribution in [0.4, 0.5) is 0 Å². The molecule has 1 aliphatic heterocycles. The molecule has 0 N–H and O–H groups in total. The van der Waals surface area contributed by atoms with Crippen LogP contribution < -0.4 is 0 Å². The lowest BCUT2D eigenvalue weighted by atomic mass is 10.1. The highest BCUT2D eigenvalue weighted by molar-refractivity contribution is 5.71. The fourth-order valence-electron chi connectivity index (χ4n) is 3.21. The van der Waals surface area contributed by atoms with Crippen LogP contribution in [-0.2, 0) is 11.2 Å². The normalized spacial score (nSPS) is 16.2. The lowest BCUT2D eigenvalue weighted by molar-refractivity contribution is 0.0698. The molecule has 0 saturated carbocycles. The first kappa shape index (κ1) is 13.5. The second-order valence-corrected chi connectivity index (χ2v) is 5.75. The van der Waals surface area contributed by atoms with Crippen molar-refractivity contribution in [2.45, 2.75) is 25.3 Å². The van der Waals surface area contributed by atoms with Gasteiger partial charge < -0.3 is 9.30 Å². The van der Waals surface area contributed by atoms with Gasteiger partial charge in [0.05, 0.1) is 0 Å². The molecule has 4 rings (SSSR count). The minimum Gasteiger partial charge on any atom is -0.381 e. The zero-order chi connectivity index (χ0) is 14.8. The van der Waals surface area contributed by atoms with E-state index in [4.69, 9.17) is 9.72 Å². The van der Waals surface area contributed by atoms with Crippen molar-refractivity contribution in [3.05, 3.63) is 60.0 Å². The molecule has 2 aromatic heterocycles. The van der Waals surface area contributed by atoms with E-state index < -0.39 is 0 Å². The Hall–Kier alpha value is -2.20. The van der Waals surface area contributed by atoms with Gasteiger partial charge >= 0.3 is 0 Å². The Bertz CT molecular complexity index is 760. The van der Waals surface area contributed by atoms with Crippen molar-refractivity contribution in [3.8, 4) is 0 Å². The highest BCUT2D eigenvalue weighted by atomic mass is 16.5. The average Bonchev–Trinajstić information content (AvgIpc) is 2.94. The summed E-state index contributed by atoms with van der Waals surface area (Å²) in [4.78, 5) is 9.42. The molecule has 1 aromatic carbocycles. The summed E-state index contributed by atoms with van der Waals surface area (Å²) in [5, 5.41) is 0. The first-order valence-corrected chi connectivity index (χ1v) is 7.85. The van der Waals surface area contributed by atoms with Crippen molar-refractivity contribution in [1.82, 2.24) is 14.5 Å². The standard InChI is InChI=1S/C18H19N3O/c1-2-5-14(6-3-1)13-17-20-16-7-4-10-19-18(16)21(17)15-8-11-22-12-9-15/h1-7,10,15H,8-9,11-13H2. The van der Waals surface area contributed by atoms with Gasteiger partial charge in [-0.15, -0.1) is 0 Å². The molecule has 4 heteroatoms. The Kier molecular flexibility index (Phi) is 3.60. The Labute approximate surface area is 129 Å². The van der Waals surface area contributed by atoms with Gasteiger partial charge in [0.15, 0.2) is 5.65 Å². The molecular weight excluding hydrogens is 274 g/mol. The predicted molar refractivity (Wildman–Crippen MR) is 85.9 cm³/mol. The highest BCUT2D eigenvalue weighted by Gasteiger charge is 2.22. The summed E-state index contributed by atoms with van der Waals surface area (Å²) in [6.07, 6.45) is 4.76. The Morgan fingerprint density at radius 3 is 2.68 bits per heavy atom. The average molecular weight is 293 g/mol. The highest BCUT2D eigenvalue weighted by Crippen LogP contribution is 2.28. The zero-order valence-corrected chi connectivity index (χ0v) is 12.5. The summed E-state index contributed by atoms with van der Waals surface area (Å²) in [5.74, 6) is 1.10. The minimum absolute atomic E-state index is 0.437. The van der Waals surface area contributed by atoms with E-state index in [-0.39, 0.29) is 0 Å². The molecule has 22 heavy (non-hydrogen) atoms. The van der Waals surface area contributed by atoms with Gasteiger partial charge in [-0.3, -0.25) is 0 Å². The third-order valence-corrected chi connectivity index (χ3v) is 4.28. The molecular formula is C18H19N3O. The molecule has 0 aliphatic carbocycles. The fraction of sp³-hybridized carbons (Fsp3) is 0.333. The summed E-state index contributed by atoms with van der Waals surface area (Å²) in [7, 11) is 0. The van der Waals surface area contributed by atoms with E-state index in [1.54, 1.807) is 0 Å². The summed E-state index contributed by atoms with van der Waals surface area (Å²) < 4.78 is 7.85. The number of ether oxygens (including phenoxy) is 1. The number of benzene rings is 1. The summed E-state index contributed by atoms with van der Waals surface area (Å²) in [6, 6.07) is 15.0. The van der Waals surface area contributed by atoms with Gasteiger partial charge in [0, 0.05) is 31.9 Å². The molecule has 0 unspecified atom stereocenters. The smallest absolute Gasteiger partial charge is 0.160 e. The largest absolute Gasteiger partial charge is 0.381 e. The number of hydrogen-bond donors (Lipinski definition) is 0. The molecule has 4 nitrogen and oxygen atoms in total. The first-order valence-electron chi connectivity index (χ1n) is 7.85. The van der Waals surface area contributed by atoms with Gasteiger partial charge in [0.25, 0.3) is 0 Å². The molecule has 1 fully saturated rings. The Balaban J connectivity index is 1.79. The molecule has 0 bridgehead atoms. The van der Waals surface area contributed by atoms with E-state index in [9.17, 15) is 0 Å². The monoisotopic (exact) mass is 293 g/mol. The van der Waals surface area contributed by atoms with E-state index in [0.717, 1.165) is 49.5 Å². The molecule has 1 saturated heterocycles. The van der Waals surface area contributed by atoms with Crippen molar-refractivity contribution in [1.29, 1.82) is 0 Å². The van der Waals surface area contributed by atoms with Crippen LogP contribution in [0.15, 0.2) is 48.7 Å². The lowest BCUT2D eigenvalue weighted by Crippen LogP contribution is -2.21.